The van der Waals surface area contributed by atoms with Crippen LogP contribution in [0, 0.1) is 0 Å². The Kier molecular flexibility index (Phi) is 3.60. The van der Waals surface area contributed by atoms with Crippen molar-refractivity contribution in [3.8, 4) is 0 Å². The summed E-state index contributed by atoms with van der Waals surface area (Å²) in [6.07, 6.45) is 6.12. The van der Waals surface area contributed by atoms with Gasteiger partial charge < -0.3 is 0 Å². The Morgan fingerprint density at radius 3 is 2.77 bits per heavy atom. The molecule has 0 aromatic heterocycles. The highest BCUT2D eigenvalue weighted by atomic mass is 79.9. The van der Waals surface area contributed by atoms with E-state index >= 15 is 0 Å². The standard InChI is InChI=1S/C10H11BrFN/c1-3-4-7-5-8(11)9(12)6-10(7)13-2/h4-6H,3H2,1-2H3/b7-4-,13-10?. The Morgan fingerprint density at radius 2 is 2.23 bits per heavy atom. The quantitative estimate of drug-likeness (QED) is 0.669. The molecule has 0 saturated carbocycles. The van der Waals surface area contributed by atoms with E-state index in [-0.39, 0.29) is 5.83 Å². The molecule has 0 bridgehead atoms. The molecule has 1 aliphatic rings. The minimum atomic E-state index is -0.270. The molecule has 0 fully saturated rings. The molecule has 3 heteroatoms. The molecule has 0 atom stereocenters. The highest BCUT2D eigenvalue weighted by molar-refractivity contribution is 9.12. The van der Waals surface area contributed by atoms with Crippen LogP contribution in [-0.2, 0) is 0 Å². The van der Waals surface area contributed by atoms with Gasteiger partial charge in [-0.05, 0) is 34.0 Å². The summed E-state index contributed by atoms with van der Waals surface area (Å²) in [6.45, 7) is 2.04. The van der Waals surface area contributed by atoms with Crippen molar-refractivity contribution in [2.45, 2.75) is 13.3 Å². The van der Waals surface area contributed by atoms with Crippen LogP contribution in [0.1, 0.15) is 13.3 Å². The summed E-state index contributed by atoms with van der Waals surface area (Å²) < 4.78 is 13.6. The number of aliphatic imine (C=N–C) groups is 1. The maximum absolute atomic E-state index is 13.1. The normalized spacial score (nSPS) is 23.4. The second-order valence-electron chi connectivity index (χ2n) is 2.66. The van der Waals surface area contributed by atoms with Crippen LogP contribution in [0.2, 0.25) is 0 Å². The molecule has 0 aliphatic heterocycles. The first-order chi connectivity index (χ1) is 6.19. The topological polar surface area (TPSA) is 12.4 Å². The smallest absolute Gasteiger partial charge is 0.139 e. The number of nitrogens with zero attached hydrogens (tertiary/aromatic N) is 1. The first kappa shape index (κ1) is 10.4. The molecule has 0 unspecified atom stereocenters. The van der Waals surface area contributed by atoms with Gasteiger partial charge in [-0.3, -0.25) is 4.99 Å². The van der Waals surface area contributed by atoms with E-state index in [2.05, 4.69) is 20.9 Å². The average molecular weight is 244 g/mol. The van der Waals surface area contributed by atoms with Crippen molar-refractivity contribution in [2.24, 2.45) is 4.99 Å². The van der Waals surface area contributed by atoms with Gasteiger partial charge in [-0.15, -0.1) is 0 Å². The summed E-state index contributed by atoms with van der Waals surface area (Å²) in [5.74, 6) is -0.270. The van der Waals surface area contributed by atoms with E-state index in [0.717, 1.165) is 12.0 Å². The lowest BCUT2D eigenvalue weighted by Crippen LogP contribution is -2.03. The molecule has 13 heavy (non-hydrogen) atoms. The summed E-state index contributed by atoms with van der Waals surface area (Å²) >= 11 is 3.14. The molecule has 1 nitrogen and oxygen atoms in total. The van der Waals surface area contributed by atoms with Crippen molar-refractivity contribution in [3.63, 3.8) is 0 Å². The van der Waals surface area contributed by atoms with E-state index in [1.54, 1.807) is 13.1 Å². The Bertz CT molecular complexity index is 324. The minimum absolute atomic E-state index is 0.270. The first-order valence-electron chi connectivity index (χ1n) is 4.11. The Morgan fingerprint density at radius 1 is 1.54 bits per heavy atom. The van der Waals surface area contributed by atoms with Gasteiger partial charge in [0, 0.05) is 13.1 Å². The predicted molar refractivity (Wildman–Crippen MR) is 57.9 cm³/mol. The van der Waals surface area contributed by atoms with Gasteiger partial charge in [0.1, 0.15) is 5.83 Å². The van der Waals surface area contributed by atoms with Gasteiger partial charge in [0.25, 0.3) is 0 Å². The van der Waals surface area contributed by atoms with Gasteiger partial charge in [-0.1, -0.05) is 13.0 Å². The van der Waals surface area contributed by atoms with Gasteiger partial charge >= 0.3 is 0 Å². The largest absolute Gasteiger partial charge is 0.288 e. The highest BCUT2D eigenvalue weighted by Crippen LogP contribution is 2.26. The summed E-state index contributed by atoms with van der Waals surface area (Å²) in [4.78, 5) is 4.00. The van der Waals surface area contributed by atoms with Crippen molar-refractivity contribution in [3.05, 3.63) is 34.1 Å². The number of halogens is 2. The zero-order valence-corrected chi connectivity index (χ0v) is 9.23. The Hall–Kier alpha value is -0.700. The fourth-order valence-electron chi connectivity index (χ4n) is 1.13. The fourth-order valence-corrected chi connectivity index (χ4v) is 1.49. The molecule has 0 saturated heterocycles. The molecular weight excluding hydrogens is 233 g/mol. The van der Waals surface area contributed by atoms with Crippen molar-refractivity contribution < 1.29 is 4.39 Å². The summed E-state index contributed by atoms with van der Waals surface area (Å²) in [5.41, 5.74) is 1.67. The van der Waals surface area contributed by atoms with Crippen molar-refractivity contribution in [1.29, 1.82) is 0 Å². The van der Waals surface area contributed by atoms with Crippen LogP contribution in [0.4, 0.5) is 4.39 Å². The average Bonchev–Trinajstić information content (AvgIpc) is 2.11. The number of allylic oxidation sites excluding steroid dienone is 6. The van der Waals surface area contributed by atoms with Crippen molar-refractivity contribution in [2.75, 3.05) is 7.05 Å². The predicted octanol–water partition coefficient (Wildman–Crippen LogP) is 3.54. The van der Waals surface area contributed by atoms with Crippen LogP contribution in [-0.4, -0.2) is 12.8 Å². The lowest BCUT2D eigenvalue weighted by atomic mass is 10.0. The zero-order chi connectivity index (χ0) is 9.84. The van der Waals surface area contributed by atoms with E-state index in [9.17, 15) is 4.39 Å². The van der Waals surface area contributed by atoms with Crippen LogP contribution in [0.15, 0.2) is 39.1 Å². The molecule has 0 aromatic carbocycles. The van der Waals surface area contributed by atoms with Crippen molar-refractivity contribution >= 4 is 21.6 Å². The molecule has 0 heterocycles. The second kappa shape index (κ2) is 4.51. The van der Waals surface area contributed by atoms with Gasteiger partial charge in [-0.25, -0.2) is 4.39 Å². The van der Waals surface area contributed by atoms with Gasteiger partial charge in [0.2, 0.25) is 0 Å². The molecular formula is C10H11BrFN. The molecule has 0 spiro atoms. The Balaban J connectivity index is 3.08. The van der Waals surface area contributed by atoms with Gasteiger partial charge in [0.15, 0.2) is 0 Å². The van der Waals surface area contributed by atoms with Gasteiger partial charge in [0.05, 0.1) is 10.2 Å². The second-order valence-corrected chi connectivity index (χ2v) is 3.52. The lowest BCUT2D eigenvalue weighted by molar-refractivity contribution is 0.664. The van der Waals surface area contributed by atoms with Crippen LogP contribution >= 0.6 is 15.9 Å². The minimum Gasteiger partial charge on any atom is -0.288 e. The highest BCUT2D eigenvalue weighted by Gasteiger charge is 2.12. The summed E-state index contributed by atoms with van der Waals surface area (Å²) in [6, 6.07) is 0. The summed E-state index contributed by atoms with van der Waals surface area (Å²) in [7, 11) is 1.66. The van der Waals surface area contributed by atoms with E-state index in [4.69, 9.17) is 0 Å². The fraction of sp³-hybridized carbons (Fsp3) is 0.300. The third-order valence-corrected chi connectivity index (χ3v) is 2.34. The van der Waals surface area contributed by atoms with E-state index in [1.165, 1.54) is 6.08 Å². The maximum Gasteiger partial charge on any atom is 0.139 e. The van der Waals surface area contributed by atoms with E-state index in [1.807, 2.05) is 13.0 Å². The van der Waals surface area contributed by atoms with Crippen LogP contribution in [0.25, 0.3) is 0 Å². The van der Waals surface area contributed by atoms with E-state index in [0.29, 0.717) is 10.2 Å². The maximum atomic E-state index is 13.1. The van der Waals surface area contributed by atoms with Crippen LogP contribution in [0.3, 0.4) is 0 Å². The van der Waals surface area contributed by atoms with Gasteiger partial charge in [-0.2, -0.15) is 0 Å². The number of rotatable bonds is 1. The monoisotopic (exact) mass is 243 g/mol. The summed E-state index contributed by atoms with van der Waals surface area (Å²) in [5, 5.41) is 0. The van der Waals surface area contributed by atoms with Crippen molar-refractivity contribution in [1.82, 2.24) is 0 Å². The molecule has 0 amide bonds. The number of hydrogen-bond donors (Lipinski definition) is 0. The van der Waals surface area contributed by atoms with Crippen LogP contribution in [0.5, 0.6) is 0 Å². The SMILES string of the molecule is CC/C=C1/C=C(Br)C(F)=CC1=NC. The Labute approximate surface area is 85.9 Å². The van der Waals surface area contributed by atoms with E-state index < -0.39 is 0 Å². The molecule has 1 rings (SSSR count). The lowest BCUT2D eigenvalue weighted by Gasteiger charge is -2.09. The number of hydrogen-bond acceptors (Lipinski definition) is 1. The molecule has 70 valence electrons. The zero-order valence-electron chi connectivity index (χ0n) is 7.64. The third kappa shape index (κ3) is 2.37. The molecule has 0 aromatic rings. The molecule has 0 N–H and O–H groups in total. The first-order valence-corrected chi connectivity index (χ1v) is 4.90. The van der Waals surface area contributed by atoms with Crippen LogP contribution < -0.4 is 0 Å². The molecule has 1 aliphatic carbocycles. The third-order valence-electron chi connectivity index (χ3n) is 1.73. The molecule has 0 radical (unpaired) electrons.